The number of carbonyl (C=O) groups is 1. The van der Waals surface area contributed by atoms with Crippen LogP contribution in [-0.4, -0.2) is 54.9 Å². The van der Waals surface area contributed by atoms with Crippen molar-refractivity contribution in [3.8, 4) is 0 Å². The highest BCUT2D eigenvalue weighted by molar-refractivity contribution is 5.84. The van der Waals surface area contributed by atoms with Gasteiger partial charge in [-0.05, 0) is 32.9 Å². The zero-order valence-corrected chi connectivity index (χ0v) is 10.5. The van der Waals surface area contributed by atoms with Crippen LogP contribution in [0.3, 0.4) is 0 Å². The van der Waals surface area contributed by atoms with Gasteiger partial charge in [-0.15, -0.1) is 0 Å². The van der Waals surface area contributed by atoms with Crippen molar-refractivity contribution in [2.24, 2.45) is 0 Å². The van der Waals surface area contributed by atoms with Crippen LogP contribution < -0.4 is 0 Å². The van der Waals surface area contributed by atoms with E-state index in [4.69, 9.17) is 0 Å². The van der Waals surface area contributed by atoms with E-state index in [1.54, 1.807) is 0 Å². The first-order valence-corrected chi connectivity index (χ1v) is 6.72. The van der Waals surface area contributed by atoms with E-state index in [-0.39, 0.29) is 6.04 Å². The minimum Gasteiger partial charge on any atom is -0.305 e. The van der Waals surface area contributed by atoms with E-state index >= 15 is 0 Å². The zero-order chi connectivity index (χ0) is 11.4. The minimum atomic E-state index is 0.244. The van der Waals surface area contributed by atoms with E-state index in [9.17, 15) is 4.79 Å². The van der Waals surface area contributed by atoms with Crippen LogP contribution in [0.15, 0.2) is 0 Å². The van der Waals surface area contributed by atoms with Crippen molar-refractivity contribution in [3.05, 3.63) is 0 Å². The number of hydrogen-bond donors (Lipinski definition) is 0. The predicted molar refractivity (Wildman–Crippen MR) is 65.6 cm³/mol. The number of ketones is 1. The number of carbonyl (C=O) groups excluding carboxylic acids is 1. The molecule has 0 aromatic rings. The van der Waals surface area contributed by atoms with Crippen molar-refractivity contribution in [1.29, 1.82) is 0 Å². The summed E-state index contributed by atoms with van der Waals surface area (Å²) >= 11 is 0. The number of likely N-dealkylation sites (N-methyl/N-ethyl adjacent to an activating group) is 1. The molecular formula is C13H24N2O. The van der Waals surface area contributed by atoms with Gasteiger partial charge >= 0.3 is 0 Å². The molecule has 0 amide bonds. The molecule has 1 heterocycles. The van der Waals surface area contributed by atoms with Crippen LogP contribution >= 0.6 is 0 Å². The Balaban J connectivity index is 1.95. The largest absolute Gasteiger partial charge is 0.305 e. The Hall–Kier alpha value is -0.410. The summed E-state index contributed by atoms with van der Waals surface area (Å²) in [4.78, 5) is 16.9. The predicted octanol–water partition coefficient (Wildman–Crippen LogP) is 1.53. The molecule has 0 aromatic heterocycles. The number of rotatable bonds is 1. The third kappa shape index (κ3) is 3.05. The fraction of sp³-hybridized carbons (Fsp3) is 0.923. The average molecular weight is 224 g/mol. The van der Waals surface area contributed by atoms with E-state index in [1.807, 2.05) is 0 Å². The summed E-state index contributed by atoms with van der Waals surface area (Å²) in [7, 11) is 2.18. The van der Waals surface area contributed by atoms with Crippen molar-refractivity contribution >= 4 is 5.78 Å². The Kier molecular flexibility index (Phi) is 4.36. The molecule has 1 atom stereocenters. The van der Waals surface area contributed by atoms with Gasteiger partial charge in [-0.25, -0.2) is 0 Å². The second-order valence-electron chi connectivity index (χ2n) is 5.27. The maximum absolute atomic E-state index is 12.1. The van der Waals surface area contributed by atoms with Crippen molar-refractivity contribution < 1.29 is 4.79 Å². The van der Waals surface area contributed by atoms with Gasteiger partial charge in [-0.2, -0.15) is 0 Å². The van der Waals surface area contributed by atoms with Gasteiger partial charge in [-0.1, -0.05) is 12.8 Å². The minimum absolute atomic E-state index is 0.244. The summed E-state index contributed by atoms with van der Waals surface area (Å²) in [5, 5.41) is 0. The first-order valence-electron chi connectivity index (χ1n) is 6.72. The molecule has 16 heavy (non-hydrogen) atoms. The second kappa shape index (κ2) is 5.78. The first-order chi connectivity index (χ1) is 7.77. The fourth-order valence-electron chi connectivity index (χ4n) is 2.91. The summed E-state index contributed by atoms with van der Waals surface area (Å²) in [6, 6.07) is 0.244. The summed E-state index contributed by atoms with van der Waals surface area (Å²) in [5.74, 6) is 0.502. The molecule has 0 spiro atoms. The van der Waals surface area contributed by atoms with Crippen LogP contribution in [-0.2, 0) is 4.79 Å². The van der Waals surface area contributed by atoms with Gasteiger partial charge in [-0.3, -0.25) is 9.69 Å². The Bertz CT molecular complexity index is 242. The maximum atomic E-state index is 12.1. The summed E-state index contributed by atoms with van der Waals surface area (Å²) in [6.07, 6.45) is 6.72. The van der Waals surface area contributed by atoms with Crippen LogP contribution in [0, 0.1) is 0 Å². The smallest absolute Gasteiger partial charge is 0.149 e. The van der Waals surface area contributed by atoms with E-state index in [2.05, 4.69) is 16.8 Å². The number of Topliss-reactive ketones (excluding diaryl/α,β-unsaturated/α-hetero) is 1. The lowest BCUT2D eigenvalue weighted by molar-refractivity contribution is -0.124. The second-order valence-corrected chi connectivity index (χ2v) is 5.27. The molecule has 1 aliphatic carbocycles. The Morgan fingerprint density at radius 3 is 2.75 bits per heavy atom. The molecule has 0 aromatic carbocycles. The third-order valence-corrected chi connectivity index (χ3v) is 3.97. The molecule has 1 saturated carbocycles. The Labute approximate surface area is 98.8 Å². The monoisotopic (exact) mass is 224 g/mol. The normalized spacial score (nSPS) is 31.1. The van der Waals surface area contributed by atoms with Crippen molar-refractivity contribution in [2.75, 3.05) is 33.2 Å². The average Bonchev–Trinajstić information content (AvgIpc) is 2.59. The Morgan fingerprint density at radius 1 is 1.00 bits per heavy atom. The van der Waals surface area contributed by atoms with Crippen molar-refractivity contribution in [2.45, 2.75) is 44.6 Å². The summed E-state index contributed by atoms with van der Waals surface area (Å²) in [6.45, 7) is 4.48. The first kappa shape index (κ1) is 12.1. The van der Waals surface area contributed by atoms with Crippen LogP contribution in [0.25, 0.3) is 0 Å². The molecule has 1 aliphatic heterocycles. The van der Waals surface area contributed by atoms with E-state index < -0.39 is 0 Å². The van der Waals surface area contributed by atoms with Crippen LogP contribution in [0.2, 0.25) is 0 Å². The maximum Gasteiger partial charge on any atom is 0.149 e. The zero-order valence-electron chi connectivity index (χ0n) is 10.5. The molecule has 0 bridgehead atoms. The van der Waals surface area contributed by atoms with E-state index in [1.165, 1.54) is 25.8 Å². The molecule has 2 fully saturated rings. The van der Waals surface area contributed by atoms with Crippen LogP contribution in [0.5, 0.6) is 0 Å². The molecule has 1 saturated heterocycles. The van der Waals surface area contributed by atoms with Gasteiger partial charge < -0.3 is 4.90 Å². The molecule has 0 N–H and O–H groups in total. The molecule has 3 heteroatoms. The number of nitrogens with zero attached hydrogens (tertiary/aromatic N) is 2. The molecule has 3 nitrogen and oxygen atoms in total. The van der Waals surface area contributed by atoms with E-state index in [0.29, 0.717) is 5.78 Å². The van der Waals surface area contributed by atoms with Crippen molar-refractivity contribution in [1.82, 2.24) is 9.80 Å². The van der Waals surface area contributed by atoms with Gasteiger partial charge in [0, 0.05) is 26.1 Å². The highest BCUT2D eigenvalue weighted by Crippen LogP contribution is 2.20. The number of hydrogen-bond acceptors (Lipinski definition) is 3. The fourth-order valence-corrected chi connectivity index (χ4v) is 2.91. The van der Waals surface area contributed by atoms with Gasteiger partial charge in [0.05, 0.1) is 6.04 Å². The molecule has 2 aliphatic rings. The third-order valence-electron chi connectivity index (χ3n) is 3.97. The lowest BCUT2D eigenvalue weighted by atomic mass is 10.1. The lowest BCUT2D eigenvalue weighted by Gasteiger charge is -2.28. The van der Waals surface area contributed by atoms with Crippen LogP contribution in [0.4, 0.5) is 0 Å². The van der Waals surface area contributed by atoms with Crippen molar-refractivity contribution in [3.63, 3.8) is 0 Å². The molecular weight excluding hydrogens is 200 g/mol. The SMILES string of the molecule is CN1CCCN(C2CCCCCC2=O)CC1. The quantitative estimate of drug-likeness (QED) is 0.631. The van der Waals surface area contributed by atoms with Gasteiger partial charge in [0.2, 0.25) is 0 Å². The lowest BCUT2D eigenvalue weighted by Crippen LogP contribution is -2.42. The van der Waals surface area contributed by atoms with Crippen LogP contribution in [0.1, 0.15) is 38.5 Å². The standard InChI is InChI=1S/C13H24N2O/c1-14-8-5-9-15(11-10-14)12-6-3-2-4-7-13(12)16/h12H,2-11H2,1H3. The summed E-state index contributed by atoms with van der Waals surface area (Å²) < 4.78 is 0. The highest BCUT2D eigenvalue weighted by atomic mass is 16.1. The highest BCUT2D eigenvalue weighted by Gasteiger charge is 2.27. The topological polar surface area (TPSA) is 23.6 Å². The summed E-state index contributed by atoms with van der Waals surface area (Å²) in [5.41, 5.74) is 0. The molecule has 2 rings (SSSR count). The molecule has 1 unspecified atom stereocenters. The van der Waals surface area contributed by atoms with Gasteiger partial charge in [0.15, 0.2) is 0 Å². The Morgan fingerprint density at radius 2 is 1.88 bits per heavy atom. The molecule has 0 radical (unpaired) electrons. The van der Waals surface area contributed by atoms with Gasteiger partial charge in [0.1, 0.15) is 5.78 Å². The van der Waals surface area contributed by atoms with E-state index in [0.717, 1.165) is 38.9 Å². The molecule has 92 valence electrons. The van der Waals surface area contributed by atoms with Gasteiger partial charge in [0.25, 0.3) is 0 Å².